The summed E-state index contributed by atoms with van der Waals surface area (Å²) in [4.78, 5) is 12.0. The van der Waals surface area contributed by atoms with Gasteiger partial charge in [0.25, 0.3) is 5.91 Å². The number of halogens is 2. The summed E-state index contributed by atoms with van der Waals surface area (Å²) in [7, 11) is 1.34. The van der Waals surface area contributed by atoms with E-state index in [2.05, 4.69) is 15.3 Å². The number of anilines is 1. The lowest BCUT2D eigenvalue weighted by molar-refractivity contribution is -0.0512. The van der Waals surface area contributed by atoms with Crippen molar-refractivity contribution in [2.75, 3.05) is 12.8 Å². The molecule has 0 aromatic heterocycles. The number of carbonyl (C=O) groups excluding carboxylic acids is 1. The number of hydrogen-bond acceptors (Lipinski definition) is 5. The van der Waals surface area contributed by atoms with Gasteiger partial charge in [0.1, 0.15) is 0 Å². The Morgan fingerprint density at radius 1 is 1.12 bits per heavy atom. The van der Waals surface area contributed by atoms with Crippen LogP contribution in [0.2, 0.25) is 0 Å². The van der Waals surface area contributed by atoms with Crippen LogP contribution in [0.4, 0.5) is 14.5 Å². The second kappa shape index (κ2) is 8.09. The van der Waals surface area contributed by atoms with E-state index in [1.54, 1.807) is 31.2 Å². The summed E-state index contributed by atoms with van der Waals surface area (Å²) < 4.78 is 34.1. The number of amides is 1. The van der Waals surface area contributed by atoms with Crippen molar-refractivity contribution in [1.82, 2.24) is 5.43 Å². The molecule has 8 heteroatoms. The predicted molar refractivity (Wildman–Crippen MR) is 90.2 cm³/mol. The SMILES string of the molecule is COc1cc(/C(C)=N\NC(=O)c2ccc(N)cc2)ccc1OC(F)F. The molecule has 0 heterocycles. The van der Waals surface area contributed by atoms with Crippen molar-refractivity contribution < 1.29 is 23.0 Å². The minimum absolute atomic E-state index is 0.0834. The van der Waals surface area contributed by atoms with E-state index >= 15 is 0 Å². The van der Waals surface area contributed by atoms with Gasteiger partial charge in [-0.05, 0) is 49.4 Å². The molecule has 0 saturated carbocycles. The van der Waals surface area contributed by atoms with Crippen LogP contribution in [-0.4, -0.2) is 25.3 Å². The molecular weight excluding hydrogens is 332 g/mol. The number of benzene rings is 2. The molecule has 0 aliphatic carbocycles. The zero-order valence-corrected chi connectivity index (χ0v) is 13.6. The molecule has 0 fully saturated rings. The standard InChI is InChI=1S/C17H17F2N3O3/c1-10(21-22-16(23)11-3-6-13(20)7-4-11)12-5-8-14(25-17(18)19)15(9-12)24-2/h3-9,17H,20H2,1-2H3,(H,22,23)/b21-10-. The van der Waals surface area contributed by atoms with E-state index in [4.69, 9.17) is 10.5 Å². The van der Waals surface area contributed by atoms with Gasteiger partial charge in [0.15, 0.2) is 11.5 Å². The van der Waals surface area contributed by atoms with Gasteiger partial charge in [0.05, 0.1) is 12.8 Å². The lowest BCUT2D eigenvalue weighted by atomic mass is 10.1. The third kappa shape index (κ3) is 4.90. The van der Waals surface area contributed by atoms with Gasteiger partial charge in [-0.2, -0.15) is 13.9 Å². The number of nitrogens with zero attached hydrogens (tertiary/aromatic N) is 1. The summed E-state index contributed by atoms with van der Waals surface area (Å²) in [6, 6.07) is 10.8. The number of rotatable bonds is 6. The first-order valence-corrected chi connectivity index (χ1v) is 7.24. The molecule has 0 aliphatic rings. The third-order valence-corrected chi connectivity index (χ3v) is 3.30. The number of hydrazone groups is 1. The van der Waals surface area contributed by atoms with Crippen LogP contribution in [-0.2, 0) is 0 Å². The van der Waals surface area contributed by atoms with Crippen molar-refractivity contribution in [1.29, 1.82) is 0 Å². The molecule has 0 saturated heterocycles. The minimum atomic E-state index is -2.95. The molecule has 2 aromatic carbocycles. The smallest absolute Gasteiger partial charge is 0.387 e. The number of alkyl halides is 2. The molecule has 0 spiro atoms. The van der Waals surface area contributed by atoms with Crippen molar-refractivity contribution >= 4 is 17.3 Å². The van der Waals surface area contributed by atoms with Crippen LogP contribution in [0.1, 0.15) is 22.8 Å². The maximum absolute atomic E-state index is 12.3. The van der Waals surface area contributed by atoms with Gasteiger partial charge in [-0.25, -0.2) is 5.43 Å². The van der Waals surface area contributed by atoms with E-state index in [0.29, 0.717) is 22.5 Å². The lowest BCUT2D eigenvalue weighted by Gasteiger charge is -2.11. The van der Waals surface area contributed by atoms with Crippen LogP contribution < -0.4 is 20.6 Å². The van der Waals surface area contributed by atoms with Crippen molar-refractivity contribution in [3.05, 3.63) is 53.6 Å². The molecule has 0 atom stereocenters. The highest BCUT2D eigenvalue weighted by Crippen LogP contribution is 2.29. The fourth-order valence-corrected chi connectivity index (χ4v) is 1.98. The largest absolute Gasteiger partial charge is 0.493 e. The lowest BCUT2D eigenvalue weighted by Crippen LogP contribution is -2.19. The number of nitrogen functional groups attached to an aromatic ring is 1. The monoisotopic (exact) mass is 349 g/mol. The molecular formula is C17H17F2N3O3. The molecule has 132 valence electrons. The molecule has 3 N–H and O–H groups in total. The quantitative estimate of drug-likeness (QED) is 0.477. The molecule has 2 aromatic rings. The van der Waals surface area contributed by atoms with Gasteiger partial charge in [-0.3, -0.25) is 4.79 Å². The summed E-state index contributed by atoms with van der Waals surface area (Å²) >= 11 is 0. The summed E-state index contributed by atoms with van der Waals surface area (Å²) in [5.41, 5.74) is 9.98. The van der Waals surface area contributed by atoms with E-state index < -0.39 is 12.5 Å². The van der Waals surface area contributed by atoms with E-state index in [-0.39, 0.29) is 11.5 Å². The van der Waals surface area contributed by atoms with Crippen LogP contribution in [0.25, 0.3) is 0 Å². The second-order valence-corrected chi connectivity index (χ2v) is 5.00. The molecule has 0 bridgehead atoms. The Balaban J connectivity index is 2.13. The Morgan fingerprint density at radius 2 is 1.76 bits per heavy atom. The Hall–Kier alpha value is -3.16. The number of nitrogens with one attached hydrogen (secondary N) is 1. The molecule has 2 rings (SSSR count). The van der Waals surface area contributed by atoms with Crippen molar-refractivity contribution in [2.45, 2.75) is 13.5 Å². The zero-order valence-electron chi connectivity index (χ0n) is 13.6. The van der Waals surface area contributed by atoms with Gasteiger partial charge in [0.2, 0.25) is 0 Å². The average Bonchev–Trinajstić information content (AvgIpc) is 2.59. The maximum atomic E-state index is 12.3. The van der Waals surface area contributed by atoms with Crippen LogP contribution in [0.5, 0.6) is 11.5 Å². The number of ether oxygens (including phenoxy) is 2. The molecule has 25 heavy (non-hydrogen) atoms. The van der Waals surface area contributed by atoms with Crippen LogP contribution >= 0.6 is 0 Å². The second-order valence-electron chi connectivity index (χ2n) is 5.00. The van der Waals surface area contributed by atoms with Gasteiger partial charge < -0.3 is 15.2 Å². The van der Waals surface area contributed by atoms with Gasteiger partial charge in [0, 0.05) is 16.8 Å². The molecule has 6 nitrogen and oxygen atoms in total. The zero-order chi connectivity index (χ0) is 18.4. The maximum Gasteiger partial charge on any atom is 0.387 e. The topological polar surface area (TPSA) is 85.9 Å². The van der Waals surface area contributed by atoms with Gasteiger partial charge in [-0.15, -0.1) is 0 Å². The molecule has 0 aliphatic heterocycles. The predicted octanol–water partition coefficient (Wildman–Crippen LogP) is 3.03. The van der Waals surface area contributed by atoms with E-state index in [1.807, 2.05) is 0 Å². The first-order valence-electron chi connectivity index (χ1n) is 7.24. The van der Waals surface area contributed by atoms with Gasteiger partial charge in [-0.1, -0.05) is 0 Å². The summed E-state index contributed by atoms with van der Waals surface area (Å²) in [6.07, 6.45) is 0. The molecule has 0 radical (unpaired) electrons. The Labute approximate surface area is 143 Å². The minimum Gasteiger partial charge on any atom is -0.493 e. The van der Waals surface area contributed by atoms with Crippen molar-refractivity contribution in [2.24, 2.45) is 5.10 Å². The Kier molecular flexibility index (Phi) is 5.89. The fraction of sp³-hybridized carbons (Fsp3) is 0.176. The Bertz CT molecular complexity index is 777. The van der Waals surface area contributed by atoms with Gasteiger partial charge >= 0.3 is 6.61 Å². The summed E-state index contributed by atoms with van der Waals surface area (Å²) in [5, 5.41) is 4.00. The average molecular weight is 349 g/mol. The third-order valence-electron chi connectivity index (χ3n) is 3.30. The number of methoxy groups -OCH3 is 1. The Morgan fingerprint density at radius 3 is 2.36 bits per heavy atom. The summed E-state index contributed by atoms with van der Waals surface area (Å²) in [5.74, 6) is -0.346. The summed E-state index contributed by atoms with van der Waals surface area (Å²) in [6.45, 7) is -1.29. The fourth-order valence-electron chi connectivity index (χ4n) is 1.98. The highest BCUT2D eigenvalue weighted by Gasteiger charge is 2.12. The highest BCUT2D eigenvalue weighted by atomic mass is 19.3. The molecule has 1 amide bonds. The number of carbonyl (C=O) groups is 1. The van der Waals surface area contributed by atoms with E-state index in [0.717, 1.165) is 0 Å². The molecule has 0 unspecified atom stereocenters. The van der Waals surface area contributed by atoms with Crippen LogP contribution in [0.3, 0.4) is 0 Å². The van der Waals surface area contributed by atoms with Crippen molar-refractivity contribution in [3.63, 3.8) is 0 Å². The number of hydrogen-bond donors (Lipinski definition) is 2. The van der Waals surface area contributed by atoms with Crippen LogP contribution in [0.15, 0.2) is 47.6 Å². The normalized spacial score (nSPS) is 11.3. The van der Waals surface area contributed by atoms with E-state index in [9.17, 15) is 13.6 Å². The first-order chi connectivity index (χ1) is 11.9. The van der Waals surface area contributed by atoms with Crippen molar-refractivity contribution in [3.8, 4) is 11.5 Å². The highest BCUT2D eigenvalue weighted by molar-refractivity contribution is 6.01. The number of nitrogens with two attached hydrogens (primary N) is 1. The van der Waals surface area contributed by atoms with Crippen LogP contribution in [0, 0.1) is 0 Å². The van der Waals surface area contributed by atoms with E-state index in [1.165, 1.54) is 25.3 Å². The first kappa shape index (κ1) is 18.2.